The number of aromatic hydroxyl groups is 2. The molecule has 0 amide bonds. The molecular weight excluding hydrogens is 342 g/mol. The molecule has 0 aliphatic rings. The van der Waals surface area contributed by atoms with Crippen molar-refractivity contribution < 1.29 is 99.3 Å². The third kappa shape index (κ3) is 6.60. The molecule has 24 heavy (non-hydrogen) atoms. The average molecular weight is 352 g/mol. The smallest absolute Gasteiger partial charge is 0.869 e. The second kappa shape index (κ2) is 11.2. The van der Waals surface area contributed by atoms with Gasteiger partial charge in [-0.15, -0.1) is 0 Å². The number of rotatable bonds is 2. The van der Waals surface area contributed by atoms with E-state index in [1.807, 2.05) is 0 Å². The summed E-state index contributed by atoms with van der Waals surface area (Å²) >= 11 is 0. The summed E-state index contributed by atoms with van der Waals surface area (Å²) in [6.45, 7) is 0. The number of hydrogen-bond donors (Lipinski definition) is 4. The molecule has 0 bridgehead atoms. The zero-order chi connectivity index (χ0) is 16.9. The molecule has 0 atom stereocenters. The van der Waals surface area contributed by atoms with Crippen molar-refractivity contribution in [1.82, 2.24) is 0 Å². The van der Waals surface area contributed by atoms with Crippen molar-refractivity contribution in [3.8, 4) is 23.0 Å². The maximum atomic E-state index is 10.8. The van der Waals surface area contributed by atoms with Crippen LogP contribution in [0.15, 0.2) is 36.4 Å². The van der Waals surface area contributed by atoms with Crippen LogP contribution in [0.25, 0.3) is 0 Å². The van der Waals surface area contributed by atoms with Crippen LogP contribution in [0.2, 0.25) is 0 Å². The van der Waals surface area contributed by atoms with Gasteiger partial charge in [-0.05, 0) is 24.3 Å². The van der Waals surface area contributed by atoms with Crippen molar-refractivity contribution >= 4 is 11.9 Å². The number of aromatic carboxylic acids is 2. The molecule has 10 heteroatoms. The van der Waals surface area contributed by atoms with E-state index < -0.39 is 46.1 Å². The van der Waals surface area contributed by atoms with Crippen LogP contribution in [0, 0.1) is 0 Å². The van der Waals surface area contributed by atoms with E-state index in [1.54, 1.807) is 0 Å². The third-order valence-electron chi connectivity index (χ3n) is 2.45. The summed E-state index contributed by atoms with van der Waals surface area (Å²) < 4.78 is 0. The molecule has 0 saturated heterocycles. The SMILES string of the molecule is O=C(O)c1cccc(O)c1[O-].O=C(O)c1cccc(O)c1[O-].[Na+].[Na+]. The van der Waals surface area contributed by atoms with E-state index in [0.29, 0.717) is 0 Å². The van der Waals surface area contributed by atoms with Gasteiger partial charge >= 0.3 is 71.1 Å². The standard InChI is InChI=1S/2C7H6O4.2Na/c2*8-5-3-1-2-4(6(5)9)7(10)11;;/h2*1-3,8-9H,(H,10,11);;/q;;2*+1/p-2. The second-order valence-corrected chi connectivity index (χ2v) is 3.92. The monoisotopic (exact) mass is 352 g/mol. The molecule has 0 aliphatic carbocycles. The van der Waals surface area contributed by atoms with Gasteiger partial charge in [-0.25, -0.2) is 9.59 Å². The van der Waals surface area contributed by atoms with Gasteiger partial charge in [0, 0.05) is 0 Å². The first-order valence-electron chi connectivity index (χ1n) is 5.70. The van der Waals surface area contributed by atoms with Gasteiger partial charge < -0.3 is 30.6 Å². The summed E-state index contributed by atoms with van der Waals surface area (Å²) in [5, 5.41) is 55.9. The number of carbonyl (C=O) groups is 2. The van der Waals surface area contributed by atoms with Gasteiger partial charge in [0.05, 0.1) is 11.1 Å². The van der Waals surface area contributed by atoms with Crippen LogP contribution in [0.3, 0.4) is 0 Å². The fraction of sp³-hybridized carbons (Fsp3) is 0. The van der Waals surface area contributed by atoms with Gasteiger partial charge in [-0.1, -0.05) is 23.6 Å². The van der Waals surface area contributed by atoms with E-state index in [0.717, 1.165) is 24.3 Å². The Hall–Kier alpha value is -1.42. The quantitative estimate of drug-likeness (QED) is 0.389. The first-order valence-corrected chi connectivity index (χ1v) is 5.70. The Bertz CT molecular complexity index is 656. The van der Waals surface area contributed by atoms with Crippen molar-refractivity contribution in [2.75, 3.05) is 0 Å². The predicted molar refractivity (Wildman–Crippen MR) is 69.0 cm³/mol. The summed E-state index contributed by atoms with van der Waals surface area (Å²) in [7, 11) is 0. The van der Waals surface area contributed by atoms with Crippen molar-refractivity contribution in [2.45, 2.75) is 0 Å². The fourth-order valence-electron chi connectivity index (χ4n) is 1.39. The van der Waals surface area contributed by atoms with Crippen molar-refractivity contribution in [3.05, 3.63) is 47.5 Å². The summed E-state index contributed by atoms with van der Waals surface area (Å²) in [6.07, 6.45) is 0. The Kier molecular flexibility index (Phi) is 11.6. The zero-order valence-corrected chi connectivity index (χ0v) is 16.9. The van der Waals surface area contributed by atoms with Gasteiger partial charge in [0.25, 0.3) is 0 Å². The molecule has 2 aromatic carbocycles. The normalized spacial score (nSPS) is 8.67. The van der Waals surface area contributed by atoms with Crippen molar-refractivity contribution in [3.63, 3.8) is 0 Å². The largest absolute Gasteiger partial charge is 1.00 e. The Morgan fingerprint density at radius 1 is 0.708 bits per heavy atom. The average Bonchev–Trinajstić information content (AvgIpc) is 2.45. The molecule has 4 N–H and O–H groups in total. The minimum atomic E-state index is -1.33. The first kappa shape index (κ1) is 24.8. The Balaban J connectivity index is 0. The van der Waals surface area contributed by atoms with E-state index >= 15 is 0 Å². The Morgan fingerprint density at radius 2 is 1.00 bits per heavy atom. The Morgan fingerprint density at radius 3 is 1.21 bits per heavy atom. The number of carboxylic acid groups (broad SMARTS) is 2. The van der Waals surface area contributed by atoms with E-state index in [4.69, 9.17) is 20.4 Å². The van der Waals surface area contributed by atoms with Crippen LogP contribution in [0.4, 0.5) is 0 Å². The van der Waals surface area contributed by atoms with E-state index in [1.165, 1.54) is 12.1 Å². The van der Waals surface area contributed by atoms with E-state index in [2.05, 4.69) is 0 Å². The van der Waals surface area contributed by atoms with Gasteiger partial charge in [-0.3, -0.25) is 0 Å². The number of phenolic OH excluding ortho intramolecular Hbond substituents is 2. The molecule has 2 aromatic rings. The minimum absolute atomic E-state index is 0. The van der Waals surface area contributed by atoms with Crippen LogP contribution in [0.5, 0.6) is 23.0 Å². The maximum absolute atomic E-state index is 10.8. The van der Waals surface area contributed by atoms with Crippen LogP contribution >= 0.6 is 0 Å². The fourth-order valence-corrected chi connectivity index (χ4v) is 1.39. The maximum Gasteiger partial charge on any atom is 1.00 e. The molecule has 8 nitrogen and oxygen atoms in total. The van der Waals surface area contributed by atoms with Gasteiger partial charge in [0.1, 0.15) is 11.5 Å². The molecule has 0 heterocycles. The molecule has 116 valence electrons. The molecule has 0 aliphatic heterocycles. The summed E-state index contributed by atoms with van der Waals surface area (Å²) in [4.78, 5) is 20.5. The van der Waals surface area contributed by atoms with Gasteiger partial charge in [-0.2, -0.15) is 0 Å². The number of benzene rings is 2. The van der Waals surface area contributed by atoms with Gasteiger partial charge in [0.2, 0.25) is 0 Å². The van der Waals surface area contributed by atoms with Crippen molar-refractivity contribution in [2.24, 2.45) is 0 Å². The molecule has 0 aromatic heterocycles. The number of para-hydroxylation sites is 2. The predicted octanol–water partition coefficient (Wildman–Crippen LogP) is -5.66. The topological polar surface area (TPSA) is 161 Å². The van der Waals surface area contributed by atoms with E-state index in [-0.39, 0.29) is 59.1 Å². The summed E-state index contributed by atoms with van der Waals surface area (Å²) in [5.41, 5.74) is -0.824. The molecule has 0 unspecified atom stereocenters. The van der Waals surface area contributed by atoms with Crippen LogP contribution < -0.4 is 69.3 Å². The molecule has 2 rings (SSSR count). The van der Waals surface area contributed by atoms with Crippen LogP contribution in [-0.4, -0.2) is 32.4 Å². The number of carboxylic acids is 2. The van der Waals surface area contributed by atoms with Crippen LogP contribution in [-0.2, 0) is 0 Å². The van der Waals surface area contributed by atoms with Crippen LogP contribution in [0.1, 0.15) is 20.7 Å². The number of phenols is 2. The molecule has 0 fully saturated rings. The molecule has 0 radical (unpaired) electrons. The minimum Gasteiger partial charge on any atom is -0.869 e. The molecule has 0 spiro atoms. The zero-order valence-electron chi connectivity index (χ0n) is 12.9. The van der Waals surface area contributed by atoms with Crippen molar-refractivity contribution in [1.29, 1.82) is 0 Å². The number of hydrogen-bond acceptors (Lipinski definition) is 6. The first-order chi connectivity index (χ1) is 10.3. The Labute approximate surface area is 180 Å². The second-order valence-electron chi connectivity index (χ2n) is 3.92. The summed E-state index contributed by atoms with van der Waals surface area (Å²) in [5.74, 6) is -5.42. The third-order valence-corrected chi connectivity index (χ3v) is 2.45. The molecule has 0 saturated carbocycles. The molecular formula is C14H10Na2O8. The van der Waals surface area contributed by atoms with Gasteiger partial charge in [0.15, 0.2) is 0 Å². The van der Waals surface area contributed by atoms with E-state index in [9.17, 15) is 19.8 Å². The summed E-state index contributed by atoms with van der Waals surface area (Å²) in [6, 6.07) is 7.19.